The summed E-state index contributed by atoms with van der Waals surface area (Å²) in [7, 11) is 0. The average molecular weight is 225 g/mol. The molecule has 2 aromatic rings. The number of imidazole rings is 1. The van der Waals surface area contributed by atoms with Gasteiger partial charge in [-0.2, -0.15) is 0 Å². The Balaban J connectivity index is 2.08. The molecule has 5 heteroatoms. The van der Waals surface area contributed by atoms with Crippen LogP contribution in [0.25, 0.3) is 0 Å². The Hall–Kier alpha value is -0.780. The van der Waals surface area contributed by atoms with Crippen molar-refractivity contribution in [3.05, 3.63) is 34.8 Å². The molecule has 0 aliphatic rings. The van der Waals surface area contributed by atoms with Crippen molar-refractivity contribution in [2.24, 2.45) is 5.73 Å². The van der Waals surface area contributed by atoms with E-state index < -0.39 is 0 Å². The largest absolute Gasteiger partial charge is 0.340 e. The molecular weight excluding hydrogens is 214 g/mol. The molecular formula is C9H11N3S2. The molecule has 0 aliphatic heterocycles. The third-order valence-corrected chi connectivity index (χ3v) is 4.11. The molecule has 0 aliphatic carbocycles. The van der Waals surface area contributed by atoms with Crippen LogP contribution in [0.3, 0.4) is 0 Å². The average Bonchev–Trinajstić information content (AvgIpc) is 2.86. The summed E-state index contributed by atoms with van der Waals surface area (Å²) >= 11 is 3.41. The van der Waals surface area contributed by atoms with Crippen molar-refractivity contribution >= 4 is 23.1 Å². The Bertz CT molecular complexity index is 355. The maximum Gasteiger partial charge on any atom is 0.165 e. The Labute approximate surface area is 90.8 Å². The van der Waals surface area contributed by atoms with Gasteiger partial charge in [0, 0.05) is 23.8 Å². The van der Waals surface area contributed by atoms with Crippen LogP contribution >= 0.6 is 23.1 Å². The fraction of sp³-hybridized carbons (Fsp3) is 0.222. The van der Waals surface area contributed by atoms with Crippen molar-refractivity contribution in [2.45, 2.75) is 10.4 Å². The summed E-state index contributed by atoms with van der Waals surface area (Å²) < 4.78 is 0. The molecule has 3 N–H and O–H groups in total. The molecule has 74 valence electrons. The summed E-state index contributed by atoms with van der Waals surface area (Å²) in [6, 6.07) is 4.16. The van der Waals surface area contributed by atoms with E-state index in [0.717, 1.165) is 5.16 Å². The SMILES string of the molecule is NCC(Sc1ncc[nH]1)c1cccs1. The van der Waals surface area contributed by atoms with Crippen LogP contribution in [0.2, 0.25) is 0 Å². The van der Waals surface area contributed by atoms with E-state index >= 15 is 0 Å². The maximum absolute atomic E-state index is 5.72. The van der Waals surface area contributed by atoms with Crippen LogP contribution in [0.1, 0.15) is 10.1 Å². The van der Waals surface area contributed by atoms with Gasteiger partial charge in [-0.05, 0) is 11.4 Å². The monoisotopic (exact) mass is 225 g/mol. The zero-order valence-corrected chi connectivity index (χ0v) is 9.15. The van der Waals surface area contributed by atoms with Crippen molar-refractivity contribution in [3.63, 3.8) is 0 Å². The normalized spacial score (nSPS) is 12.9. The van der Waals surface area contributed by atoms with Gasteiger partial charge in [0.25, 0.3) is 0 Å². The fourth-order valence-electron chi connectivity index (χ4n) is 1.15. The lowest BCUT2D eigenvalue weighted by Crippen LogP contribution is -2.08. The van der Waals surface area contributed by atoms with Crippen LogP contribution in [-0.2, 0) is 0 Å². The number of rotatable bonds is 4. The Morgan fingerprint density at radius 1 is 1.64 bits per heavy atom. The second kappa shape index (κ2) is 4.63. The van der Waals surface area contributed by atoms with E-state index in [4.69, 9.17) is 5.73 Å². The van der Waals surface area contributed by atoms with E-state index in [1.807, 2.05) is 12.3 Å². The lowest BCUT2D eigenvalue weighted by Gasteiger charge is -2.09. The number of nitrogens with two attached hydrogens (primary N) is 1. The second-order valence-electron chi connectivity index (χ2n) is 2.75. The van der Waals surface area contributed by atoms with Crippen molar-refractivity contribution in [3.8, 4) is 0 Å². The van der Waals surface area contributed by atoms with Crippen LogP contribution in [0.4, 0.5) is 0 Å². The first-order chi connectivity index (χ1) is 6.90. The first-order valence-corrected chi connectivity index (χ1v) is 6.05. The first-order valence-electron chi connectivity index (χ1n) is 4.29. The number of thioether (sulfide) groups is 1. The van der Waals surface area contributed by atoms with Gasteiger partial charge in [0.15, 0.2) is 5.16 Å². The molecule has 2 rings (SSSR count). The summed E-state index contributed by atoms with van der Waals surface area (Å²) in [6.45, 7) is 0.631. The van der Waals surface area contributed by atoms with Gasteiger partial charge in [0.05, 0.1) is 5.25 Å². The van der Waals surface area contributed by atoms with E-state index in [2.05, 4.69) is 21.4 Å². The van der Waals surface area contributed by atoms with Crippen LogP contribution in [0.5, 0.6) is 0 Å². The molecule has 0 aromatic carbocycles. The van der Waals surface area contributed by atoms with Crippen molar-refractivity contribution in [1.82, 2.24) is 9.97 Å². The molecule has 0 bridgehead atoms. The lowest BCUT2D eigenvalue weighted by molar-refractivity contribution is 0.943. The molecule has 0 saturated heterocycles. The van der Waals surface area contributed by atoms with Gasteiger partial charge < -0.3 is 10.7 Å². The fourth-order valence-corrected chi connectivity index (χ4v) is 3.00. The number of H-pyrrole nitrogens is 1. The van der Waals surface area contributed by atoms with Gasteiger partial charge in [-0.15, -0.1) is 11.3 Å². The van der Waals surface area contributed by atoms with Gasteiger partial charge in [-0.1, -0.05) is 17.8 Å². The van der Waals surface area contributed by atoms with E-state index in [-0.39, 0.29) is 0 Å². The standard InChI is InChI=1S/C9H11N3S2/c10-6-8(7-2-1-5-13-7)14-9-11-3-4-12-9/h1-5,8H,6,10H2,(H,11,12). The van der Waals surface area contributed by atoms with Crippen LogP contribution in [0, 0.1) is 0 Å². The van der Waals surface area contributed by atoms with Gasteiger partial charge in [-0.3, -0.25) is 0 Å². The summed E-state index contributed by atoms with van der Waals surface area (Å²) in [6.07, 6.45) is 3.58. The molecule has 1 unspecified atom stereocenters. The van der Waals surface area contributed by atoms with Gasteiger partial charge >= 0.3 is 0 Å². The molecule has 0 amide bonds. The Morgan fingerprint density at radius 3 is 3.14 bits per heavy atom. The lowest BCUT2D eigenvalue weighted by atomic mass is 10.3. The summed E-state index contributed by atoms with van der Waals surface area (Å²) in [4.78, 5) is 8.54. The predicted molar refractivity (Wildman–Crippen MR) is 60.6 cm³/mol. The zero-order valence-electron chi connectivity index (χ0n) is 7.51. The molecule has 0 spiro atoms. The maximum atomic E-state index is 5.72. The van der Waals surface area contributed by atoms with Crippen molar-refractivity contribution in [1.29, 1.82) is 0 Å². The Kier molecular flexibility index (Phi) is 3.23. The van der Waals surface area contributed by atoms with Crippen LogP contribution in [0.15, 0.2) is 35.1 Å². The quantitative estimate of drug-likeness (QED) is 0.785. The van der Waals surface area contributed by atoms with Crippen molar-refractivity contribution in [2.75, 3.05) is 6.54 Å². The molecule has 0 saturated carbocycles. The van der Waals surface area contributed by atoms with Crippen molar-refractivity contribution < 1.29 is 0 Å². The van der Waals surface area contributed by atoms with Gasteiger partial charge in [0.1, 0.15) is 0 Å². The van der Waals surface area contributed by atoms with E-state index in [1.165, 1.54) is 4.88 Å². The molecule has 2 heterocycles. The number of aromatic nitrogens is 2. The summed E-state index contributed by atoms with van der Waals surface area (Å²) in [5.74, 6) is 0. The predicted octanol–water partition coefficient (Wildman–Crippen LogP) is 2.26. The minimum atomic E-state index is 0.307. The summed E-state index contributed by atoms with van der Waals surface area (Å²) in [5.41, 5.74) is 5.72. The number of hydrogen-bond acceptors (Lipinski definition) is 4. The molecule has 1 atom stereocenters. The topological polar surface area (TPSA) is 54.7 Å². The molecule has 0 radical (unpaired) electrons. The molecule has 0 fully saturated rings. The number of thiophene rings is 1. The van der Waals surface area contributed by atoms with E-state index in [9.17, 15) is 0 Å². The molecule has 2 aromatic heterocycles. The second-order valence-corrected chi connectivity index (χ2v) is 4.92. The highest BCUT2D eigenvalue weighted by Gasteiger charge is 2.13. The molecule has 14 heavy (non-hydrogen) atoms. The zero-order chi connectivity index (χ0) is 9.80. The van der Waals surface area contributed by atoms with Gasteiger partial charge in [-0.25, -0.2) is 4.98 Å². The minimum Gasteiger partial charge on any atom is -0.340 e. The Morgan fingerprint density at radius 2 is 2.57 bits per heavy atom. The third-order valence-electron chi connectivity index (χ3n) is 1.80. The van der Waals surface area contributed by atoms with Gasteiger partial charge in [0.2, 0.25) is 0 Å². The number of nitrogens with zero attached hydrogens (tertiary/aromatic N) is 1. The number of hydrogen-bond donors (Lipinski definition) is 2. The number of aromatic amines is 1. The van der Waals surface area contributed by atoms with Crippen LogP contribution < -0.4 is 5.73 Å². The molecule has 3 nitrogen and oxygen atoms in total. The van der Waals surface area contributed by atoms with Crippen LogP contribution in [-0.4, -0.2) is 16.5 Å². The number of nitrogens with one attached hydrogen (secondary N) is 1. The first kappa shape index (κ1) is 9.76. The van der Waals surface area contributed by atoms with E-state index in [0.29, 0.717) is 11.8 Å². The highest BCUT2D eigenvalue weighted by Crippen LogP contribution is 2.34. The highest BCUT2D eigenvalue weighted by atomic mass is 32.2. The smallest absolute Gasteiger partial charge is 0.165 e. The highest BCUT2D eigenvalue weighted by molar-refractivity contribution is 7.99. The summed E-state index contributed by atoms with van der Waals surface area (Å²) in [5, 5.41) is 3.30. The minimum absolute atomic E-state index is 0.307. The third kappa shape index (κ3) is 2.17. The van der Waals surface area contributed by atoms with E-state index in [1.54, 1.807) is 29.3 Å².